The molecule has 0 radical (unpaired) electrons. The molecule has 2 unspecified atom stereocenters. The van der Waals surface area contributed by atoms with Gasteiger partial charge in [-0.2, -0.15) is 0 Å². The van der Waals surface area contributed by atoms with Gasteiger partial charge < -0.3 is 5.11 Å². The lowest BCUT2D eigenvalue weighted by molar-refractivity contribution is 0.475. The number of phenols is 1. The molecule has 0 saturated heterocycles. The van der Waals surface area contributed by atoms with Crippen molar-refractivity contribution in [1.82, 2.24) is 0 Å². The lowest BCUT2D eigenvalue weighted by Gasteiger charge is -2.03. The van der Waals surface area contributed by atoms with Gasteiger partial charge in [0.15, 0.2) is 0 Å². The van der Waals surface area contributed by atoms with Crippen LogP contribution in [0.1, 0.15) is 18.1 Å². The van der Waals surface area contributed by atoms with Crippen LogP contribution in [0, 0.1) is 0 Å². The summed E-state index contributed by atoms with van der Waals surface area (Å²) in [7, 11) is 2.71. The molecule has 0 spiro atoms. The van der Waals surface area contributed by atoms with Crippen LogP contribution < -0.4 is 0 Å². The van der Waals surface area contributed by atoms with Gasteiger partial charge in [0.05, 0.1) is 0 Å². The summed E-state index contributed by atoms with van der Waals surface area (Å²) in [5.41, 5.74) is 1.68. The molecule has 1 nitrogen and oxygen atoms in total. The minimum Gasteiger partial charge on any atom is -0.508 e. The molecule has 0 aromatic heterocycles. The van der Waals surface area contributed by atoms with Crippen LogP contribution in [0.2, 0.25) is 0 Å². The van der Waals surface area contributed by atoms with E-state index in [0.29, 0.717) is 11.4 Å². The van der Waals surface area contributed by atoms with Crippen molar-refractivity contribution in [1.29, 1.82) is 0 Å². The summed E-state index contributed by atoms with van der Waals surface area (Å²) in [6.45, 7) is 2.09. The monoisotopic (exact) mass is 154 g/mol. The van der Waals surface area contributed by atoms with Crippen LogP contribution in [0.15, 0.2) is 24.3 Å². The van der Waals surface area contributed by atoms with Gasteiger partial charge in [0, 0.05) is 0 Å². The molecular formula is C8H11OP. The third kappa shape index (κ3) is 1.71. The molecule has 2 atom stereocenters. The molecule has 54 valence electrons. The smallest absolute Gasteiger partial charge is 0.115 e. The molecule has 0 aliphatic heterocycles. The van der Waals surface area contributed by atoms with Crippen molar-refractivity contribution in [2.45, 2.75) is 12.6 Å². The standard InChI is InChI=1S/C8H11OP/c1-6(10)7-2-4-8(9)5-3-7/h2-6,9H,10H2,1H3. The van der Waals surface area contributed by atoms with E-state index in [2.05, 4.69) is 16.2 Å². The average molecular weight is 154 g/mol. The Kier molecular flexibility index (Phi) is 2.29. The molecule has 0 aliphatic rings. The van der Waals surface area contributed by atoms with Crippen molar-refractivity contribution in [2.75, 3.05) is 0 Å². The van der Waals surface area contributed by atoms with Gasteiger partial charge in [-0.25, -0.2) is 0 Å². The van der Waals surface area contributed by atoms with Gasteiger partial charge >= 0.3 is 0 Å². The number of benzene rings is 1. The van der Waals surface area contributed by atoms with Gasteiger partial charge in [-0.1, -0.05) is 19.1 Å². The van der Waals surface area contributed by atoms with Crippen LogP contribution in [-0.2, 0) is 0 Å². The first kappa shape index (κ1) is 7.56. The summed E-state index contributed by atoms with van der Waals surface area (Å²) in [5, 5.41) is 8.93. The Labute approximate surface area is 63.3 Å². The molecular weight excluding hydrogens is 143 g/mol. The second-order valence-corrected chi connectivity index (χ2v) is 3.38. The van der Waals surface area contributed by atoms with Crippen LogP contribution in [0.5, 0.6) is 5.75 Å². The highest BCUT2D eigenvalue weighted by atomic mass is 31.0. The third-order valence-corrected chi connectivity index (χ3v) is 1.80. The molecule has 0 amide bonds. The van der Waals surface area contributed by atoms with Gasteiger partial charge in [-0.3, -0.25) is 0 Å². The summed E-state index contributed by atoms with van der Waals surface area (Å²) in [6.07, 6.45) is 0. The Balaban J connectivity index is 2.89. The molecule has 0 aliphatic carbocycles. The first-order valence-electron chi connectivity index (χ1n) is 3.24. The fourth-order valence-electron chi connectivity index (χ4n) is 0.778. The SMILES string of the molecule is CC(P)c1ccc(O)cc1. The summed E-state index contributed by atoms with van der Waals surface area (Å²) in [4.78, 5) is 0. The number of hydrogen-bond acceptors (Lipinski definition) is 1. The molecule has 0 bridgehead atoms. The van der Waals surface area contributed by atoms with Crippen molar-refractivity contribution >= 4 is 9.24 Å². The van der Waals surface area contributed by atoms with E-state index in [1.54, 1.807) is 12.1 Å². The fourth-order valence-corrected chi connectivity index (χ4v) is 1.00. The Hall–Kier alpha value is -0.550. The average Bonchev–Trinajstić information content (AvgIpc) is 1.88. The Morgan fingerprint density at radius 3 is 2.20 bits per heavy atom. The molecule has 0 saturated carbocycles. The van der Waals surface area contributed by atoms with Gasteiger partial charge in [0.25, 0.3) is 0 Å². The van der Waals surface area contributed by atoms with Gasteiger partial charge in [-0.15, -0.1) is 9.24 Å². The van der Waals surface area contributed by atoms with Crippen molar-refractivity contribution in [3.63, 3.8) is 0 Å². The summed E-state index contributed by atoms with van der Waals surface area (Å²) in [6, 6.07) is 7.26. The first-order valence-corrected chi connectivity index (χ1v) is 3.91. The largest absolute Gasteiger partial charge is 0.508 e. The zero-order chi connectivity index (χ0) is 7.56. The van der Waals surface area contributed by atoms with Crippen LogP contribution in [-0.4, -0.2) is 5.11 Å². The van der Waals surface area contributed by atoms with Crippen molar-refractivity contribution in [3.05, 3.63) is 29.8 Å². The fraction of sp³-hybridized carbons (Fsp3) is 0.250. The first-order chi connectivity index (χ1) is 4.70. The summed E-state index contributed by atoms with van der Waals surface area (Å²) in [5.74, 6) is 0.328. The van der Waals surface area contributed by atoms with Crippen molar-refractivity contribution in [2.24, 2.45) is 0 Å². The Morgan fingerprint density at radius 1 is 1.30 bits per heavy atom. The Morgan fingerprint density at radius 2 is 1.80 bits per heavy atom. The maximum absolute atomic E-state index is 8.93. The minimum atomic E-state index is 0.328. The second kappa shape index (κ2) is 3.03. The number of phenolic OH excluding ortho intramolecular Hbond substituents is 1. The van der Waals surface area contributed by atoms with Crippen LogP contribution in [0.4, 0.5) is 0 Å². The molecule has 1 aromatic carbocycles. The maximum Gasteiger partial charge on any atom is 0.115 e. The van der Waals surface area contributed by atoms with Gasteiger partial charge in [0.1, 0.15) is 5.75 Å². The quantitative estimate of drug-likeness (QED) is 0.615. The topological polar surface area (TPSA) is 20.2 Å². The summed E-state index contributed by atoms with van der Waals surface area (Å²) >= 11 is 0. The van der Waals surface area contributed by atoms with Gasteiger partial charge in [-0.05, 0) is 23.4 Å². The van der Waals surface area contributed by atoms with Crippen LogP contribution >= 0.6 is 9.24 Å². The highest BCUT2D eigenvalue weighted by molar-refractivity contribution is 7.17. The predicted molar refractivity (Wildman–Crippen MR) is 46.2 cm³/mol. The van der Waals surface area contributed by atoms with E-state index in [4.69, 9.17) is 5.11 Å². The molecule has 1 aromatic rings. The second-order valence-electron chi connectivity index (χ2n) is 2.38. The van der Waals surface area contributed by atoms with E-state index < -0.39 is 0 Å². The molecule has 2 heteroatoms. The number of hydrogen-bond donors (Lipinski definition) is 1. The highest BCUT2D eigenvalue weighted by Gasteiger charge is 1.96. The van der Waals surface area contributed by atoms with Crippen LogP contribution in [0.3, 0.4) is 0 Å². The van der Waals surface area contributed by atoms with E-state index >= 15 is 0 Å². The lowest BCUT2D eigenvalue weighted by Crippen LogP contribution is -1.80. The number of rotatable bonds is 1. The van der Waals surface area contributed by atoms with E-state index in [0.717, 1.165) is 0 Å². The molecule has 0 heterocycles. The summed E-state index contributed by atoms with van der Waals surface area (Å²) < 4.78 is 0. The van der Waals surface area contributed by atoms with Gasteiger partial charge in [0.2, 0.25) is 0 Å². The van der Waals surface area contributed by atoms with E-state index in [1.165, 1.54) is 5.56 Å². The molecule has 1 N–H and O–H groups in total. The Bertz CT molecular complexity index is 203. The highest BCUT2D eigenvalue weighted by Crippen LogP contribution is 2.22. The zero-order valence-corrected chi connectivity index (χ0v) is 7.07. The van der Waals surface area contributed by atoms with Crippen LogP contribution in [0.25, 0.3) is 0 Å². The normalized spacial score (nSPS) is 13.0. The lowest BCUT2D eigenvalue weighted by atomic mass is 10.2. The third-order valence-electron chi connectivity index (χ3n) is 1.42. The zero-order valence-electron chi connectivity index (χ0n) is 5.91. The van der Waals surface area contributed by atoms with E-state index in [9.17, 15) is 0 Å². The van der Waals surface area contributed by atoms with E-state index in [-0.39, 0.29) is 0 Å². The van der Waals surface area contributed by atoms with Crippen molar-refractivity contribution in [3.8, 4) is 5.75 Å². The number of aromatic hydroxyl groups is 1. The predicted octanol–water partition coefficient (Wildman–Crippen LogP) is 2.33. The molecule has 10 heavy (non-hydrogen) atoms. The minimum absolute atomic E-state index is 0.328. The molecule has 0 fully saturated rings. The molecule has 1 rings (SSSR count). The maximum atomic E-state index is 8.93. The van der Waals surface area contributed by atoms with Crippen molar-refractivity contribution < 1.29 is 5.11 Å². The van der Waals surface area contributed by atoms with E-state index in [1.807, 2.05) is 12.1 Å².